The number of ether oxygens (including phenoxy) is 1. The fourth-order valence-corrected chi connectivity index (χ4v) is 2.03. The van der Waals surface area contributed by atoms with Crippen molar-refractivity contribution < 1.29 is 9.53 Å². The minimum Gasteiger partial charge on any atom is -0.379 e. The number of likely N-dealkylation sites (N-methyl/N-ethyl adjacent to an activating group) is 1. The van der Waals surface area contributed by atoms with Crippen molar-refractivity contribution in [2.75, 3.05) is 31.6 Å². The first-order valence-corrected chi connectivity index (χ1v) is 7.72. The fraction of sp³-hybridized carbons (Fsp3) is 0.692. The van der Waals surface area contributed by atoms with Crippen LogP contribution in [0.4, 0.5) is 0 Å². The largest absolute Gasteiger partial charge is 0.379 e. The predicted octanol–water partition coefficient (Wildman–Crippen LogP) is 1.86. The third-order valence-electron chi connectivity index (χ3n) is 2.91. The van der Waals surface area contributed by atoms with Gasteiger partial charge in [-0.3, -0.25) is 9.48 Å². The Morgan fingerprint density at radius 2 is 2.21 bits per heavy atom. The van der Waals surface area contributed by atoms with E-state index in [1.54, 1.807) is 9.58 Å². The molecular formula is C13H22BrN3O2. The summed E-state index contributed by atoms with van der Waals surface area (Å²) in [4.78, 5) is 14.2. The molecule has 0 spiro atoms. The van der Waals surface area contributed by atoms with E-state index in [0.717, 1.165) is 17.4 Å². The Bertz CT molecular complexity index is 407. The molecular weight excluding hydrogens is 310 g/mol. The third kappa shape index (κ3) is 4.62. The lowest BCUT2D eigenvalue weighted by Crippen LogP contribution is -2.35. The molecule has 0 fully saturated rings. The third-order valence-corrected chi connectivity index (χ3v) is 3.23. The maximum atomic E-state index is 12.4. The molecule has 108 valence electrons. The summed E-state index contributed by atoms with van der Waals surface area (Å²) in [5.74, 6) is 0.0136. The van der Waals surface area contributed by atoms with Gasteiger partial charge in [0.25, 0.3) is 5.91 Å². The van der Waals surface area contributed by atoms with Gasteiger partial charge in [0.1, 0.15) is 5.69 Å². The van der Waals surface area contributed by atoms with Crippen molar-refractivity contribution in [2.45, 2.75) is 20.3 Å². The molecule has 1 aromatic heterocycles. The molecule has 0 bridgehead atoms. The van der Waals surface area contributed by atoms with E-state index in [9.17, 15) is 4.79 Å². The van der Waals surface area contributed by atoms with E-state index >= 15 is 0 Å². The molecule has 0 aliphatic carbocycles. The topological polar surface area (TPSA) is 47.4 Å². The van der Waals surface area contributed by atoms with Crippen LogP contribution in [0.25, 0.3) is 0 Å². The van der Waals surface area contributed by atoms with Crippen molar-refractivity contribution in [2.24, 2.45) is 7.05 Å². The van der Waals surface area contributed by atoms with Crippen LogP contribution in [-0.2, 0) is 18.2 Å². The highest BCUT2D eigenvalue weighted by atomic mass is 79.9. The number of aryl methyl sites for hydroxylation is 2. The van der Waals surface area contributed by atoms with Crippen molar-refractivity contribution in [1.82, 2.24) is 14.7 Å². The molecule has 0 N–H and O–H groups in total. The van der Waals surface area contributed by atoms with Crippen LogP contribution in [0.5, 0.6) is 0 Å². The van der Waals surface area contributed by atoms with Crippen molar-refractivity contribution in [3.8, 4) is 0 Å². The van der Waals surface area contributed by atoms with Gasteiger partial charge in [0.15, 0.2) is 0 Å². The van der Waals surface area contributed by atoms with Gasteiger partial charge in [0.2, 0.25) is 0 Å². The van der Waals surface area contributed by atoms with E-state index in [1.165, 1.54) is 0 Å². The lowest BCUT2D eigenvalue weighted by molar-refractivity contribution is 0.0662. The summed E-state index contributed by atoms with van der Waals surface area (Å²) in [5, 5.41) is 5.12. The first kappa shape index (κ1) is 16.2. The lowest BCUT2D eigenvalue weighted by atomic mass is 10.3. The maximum Gasteiger partial charge on any atom is 0.272 e. The molecule has 0 saturated heterocycles. The Labute approximate surface area is 123 Å². The highest BCUT2D eigenvalue weighted by Gasteiger charge is 2.18. The predicted molar refractivity (Wildman–Crippen MR) is 78.8 cm³/mol. The van der Waals surface area contributed by atoms with Gasteiger partial charge in [0.05, 0.1) is 18.9 Å². The highest BCUT2D eigenvalue weighted by Crippen LogP contribution is 2.07. The zero-order valence-corrected chi connectivity index (χ0v) is 13.4. The molecule has 0 aliphatic rings. The van der Waals surface area contributed by atoms with Crippen LogP contribution in [0, 0.1) is 0 Å². The summed E-state index contributed by atoms with van der Waals surface area (Å²) < 4.78 is 7.05. The molecule has 1 amide bonds. The maximum absolute atomic E-state index is 12.4. The normalized spacial score (nSPS) is 10.7. The first-order chi connectivity index (χ1) is 9.13. The fourth-order valence-electron chi connectivity index (χ4n) is 1.80. The number of hydrogen-bond donors (Lipinski definition) is 0. The van der Waals surface area contributed by atoms with Crippen molar-refractivity contribution in [3.63, 3.8) is 0 Å². The van der Waals surface area contributed by atoms with Crippen LogP contribution >= 0.6 is 15.9 Å². The lowest BCUT2D eigenvalue weighted by Gasteiger charge is -2.20. The van der Waals surface area contributed by atoms with Crippen molar-refractivity contribution in [1.29, 1.82) is 0 Å². The van der Waals surface area contributed by atoms with E-state index in [4.69, 9.17) is 4.74 Å². The molecule has 0 atom stereocenters. The number of rotatable bonds is 8. The van der Waals surface area contributed by atoms with Gasteiger partial charge in [-0.15, -0.1) is 0 Å². The number of aromatic nitrogens is 2. The molecule has 0 radical (unpaired) electrons. The Morgan fingerprint density at radius 1 is 1.47 bits per heavy atom. The Balaban J connectivity index is 2.64. The zero-order chi connectivity index (χ0) is 14.3. The molecule has 1 heterocycles. The Morgan fingerprint density at radius 3 is 2.74 bits per heavy atom. The highest BCUT2D eigenvalue weighted by molar-refractivity contribution is 9.09. The standard InChI is InChI=1S/C13H22BrN3O2/c1-4-11-10-12(16(3)15-11)13(18)17(5-2)7-9-19-8-6-14/h10H,4-9H2,1-3H3. The van der Waals surface area contributed by atoms with E-state index in [1.807, 2.05) is 27.0 Å². The van der Waals surface area contributed by atoms with Gasteiger partial charge < -0.3 is 9.64 Å². The van der Waals surface area contributed by atoms with Crippen LogP contribution in [0.3, 0.4) is 0 Å². The van der Waals surface area contributed by atoms with Gasteiger partial charge in [-0.1, -0.05) is 22.9 Å². The molecule has 5 nitrogen and oxygen atoms in total. The molecule has 6 heteroatoms. The summed E-state index contributed by atoms with van der Waals surface area (Å²) in [6.07, 6.45) is 0.835. The number of amides is 1. The second kappa shape index (κ2) is 8.32. The summed E-state index contributed by atoms with van der Waals surface area (Å²) in [7, 11) is 1.81. The molecule has 19 heavy (non-hydrogen) atoms. The van der Waals surface area contributed by atoms with Gasteiger partial charge >= 0.3 is 0 Å². The smallest absolute Gasteiger partial charge is 0.272 e. The van der Waals surface area contributed by atoms with Gasteiger partial charge in [0, 0.05) is 25.5 Å². The quantitative estimate of drug-likeness (QED) is 0.539. The van der Waals surface area contributed by atoms with Crippen molar-refractivity contribution in [3.05, 3.63) is 17.5 Å². The minimum atomic E-state index is 0.0136. The molecule has 1 rings (SSSR count). The number of nitrogens with zero attached hydrogens (tertiary/aromatic N) is 3. The second-order valence-corrected chi connectivity index (χ2v) is 4.98. The summed E-state index contributed by atoms with van der Waals surface area (Å²) in [6.45, 7) is 6.50. The summed E-state index contributed by atoms with van der Waals surface area (Å²) in [6, 6.07) is 1.87. The number of carbonyl (C=O) groups is 1. The Hall–Kier alpha value is -0.880. The van der Waals surface area contributed by atoms with Gasteiger partial charge in [-0.25, -0.2) is 0 Å². The first-order valence-electron chi connectivity index (χ1n) is 6.59. The molecule has 0 aromatic carbocycles. The minimum absolute atomic E-state index is 0.0136. The van der Waals surface area contributed by atoms with Crippen LogP contribution in [0.1, 0.15) is 30.0 Å². The summed E-state index contributed by atoms with van der Waals surface area (Å²) in [5.41, 5.74) is 1.58. The van der Waals surface area contributed by atoms with Gasteiger partial charge in [-0.2, -0.15) is 5.10 Å². The molecule has 1 aromatic rings. The zero-order valence-electron chi connectivity index (χ0n) is 11.9. The SMILES string of the molecule is CCc1cc(C(=O)N(CC)CCOCCBr)n(C)n1. The van der Waals surface area contributed by atoms with E-state index in [-0.39, 0.29) is 5.91 Å². The molecule has 0 unspecified atom stereocenters. The van der Waals surface area contributed by atoms with E-state index < -0.39 is 0 Å². The summed E-state index contributed by atoms with van der Waals surface area (Å²) >= 11 is 3.30. The average Bonchev–Trinajstić information content (AvgIpc) is 2.79. The van der Waals surface area contributed by atoms with Gasteiger partial charge in [-0.05, 0) is 19.4 Å². The second-order valence-electron chi connectivity index (χ2n) is 4.18. The average molecular weight is 332 g/mol. The monoisotopic (exact) mass is 331 g/mol. The van der Waals surface area contributed by atoms with E-state index in [2.05, 4.69) is 21.0 Å². The van der Waals surface area contributed by atoms with Crippen LogP contribution in [0.2, 0.25) is 0 Å². The van der Waals surface area contributed by atoms with Crippen LogP contribution in [-0.4, -0.2) is 52.2 Å². The number of halogens is 1. The number of hydrogen-bond acceptors (Lipinski definition) is 3. The van der Waals surface area contributed by atoms with Crippen LogP contribution < -0.4 is 0 Å². The van der Waals surface area contributed by atoms with E-state index in [0.29, 0.717) is 32.0 Å². The number of alkyl halides is 1. The molecule has 0 aliphatic heterocycles. The van der Waals surface area contributed by atoms with Crippen LogP contribution in [0.15, 0.2) is 6.07 Å². The Kier molecular flexibility index (Phi) is 7.09. The number of carbonyl (C=O) groups excluding carboxylic acids is 1. The van der Waals surface area contributed by atoms with Crippen molar-refractivity contribution >= 4 is 21.8 Å². The molecule has 0 saturated carbocycles.